The van der Waals surface area contributed by atoms with Gasteiger partial charge >= 0.3 is 6.03 Å². The maximum atomic E-state index is 12.2. The largest absolute Gasteiger partial charge is 0.397 e. The van der Waals surface area contributed by atoms with Crippen LogP contribution in [0.5, 0.6) is 0 Å². The van der Waals surface area contributed by atoms with E-state index < -0.39 is 0 Å². The summed E-state index contributed by atoms with van der Waals surface area (Å²) in [6, 6.07) is 13.2. The van der Waals surface area contributed by atoms with Crippen LogP contribution in [0, 0.1) is 11.3 Å². The fraction of sp³-hybridized carbons (Fsp3) is 0.0667. The summed E-state index contributed by atoms with van der Waals surface area (Å²) in [5, 5.41) is 12.0. The molecule has 6 heteroatoms. The highest BCUT2D eigenvalue weighted by molar-refractivity contribution is 6.31. The number of amides is 2. The van der Waals surface area contributed by atoms with Crippen LogP contribution in [0.3, 0.4) is 0 Å². The van der Waals surface area contributed by atoms with Crippen molar-refractivity contribution in [1.29, 1.82) is 5.26 Å². The van der Waals surface area contributed by atoms with Crippen molar-refractivity contribution in [3.63, 3.8) is 0 Å². The van der Waals surface area contributed by atoms with Crippen LogP contribution in [0.25, 0.3) is 0 Å². The van der Waals surface area contributed by atoms with Crippen LogP contribution in [0.1, 0.15) is 5.56 Å². The van der Waals surface area contributed by atoms with Crippen LogP contribution in [0.4, 0.5) is 21.9 Å². The third-order valence-electron chi connectivity index (χ3n) is 2.90. The number of rotatable bonds is 2. The van der Waals surface area contributed by atoms with Crippen molar-refractivity contribution in [2.75, 3.05) is 23.0 Å². The van der Waals surface area contributed by atoms with Crippen molar-refractivity contribution in [3.05, 3.63) is 53.1 Å². The lowest BCUT2D eigenvalue weighted by Gasteiger charge is -2.20. The molecule has 0 unspecified atom stereocenters. The molecule has 21 heavy (non-hydrogen) atoms. The van der Waals surface area contributed by atoms with Crippen molar-refractivity contribution >= 4 is 34.7 Å². The highest BCUT2D eigenvalue weighted by Crippen LogP contribution is 2.26. The summed E-state index contributed by atoms with van der Waals surface area (Å²) in [5.41, 5.74) is 7.81. The predicted molar refractivity (Wildman–Crippen MR) is 84.4 cm³/mol. The van der Waals surface area contributed by atoms with E-state index in [2.05, 4.69) is 5.32 Å². The van der Waals surface area contributed by atoms with Gasteiger partial charge < -0.3 is 11.1 Å². The molecule has 5 nitrogen and oxygen atoms in total. The molecular formula is C15H13ClN4O. The van der Waals surface area contributed by atoms with E-state index in [1.165, 1.54) is 4.90 Å². The number of nitrogens with two attached hydrogens (primary N) is 1. The summed E-state index contributed by atoms with van der Waals surface area (Å²) >= 11 is 5.92. The van der Waals surface area contributed by atoms with E-state index in [-0.39, 0.29) is 6.03 Å². The van der Waals surface area contributed by atoms with Gasteiger partial charge in [0.25, 0.3) is 0 Å². The summed E-state index contributed by atoms with van der Waals surface area (Å²) in [7, 11) is 1.59. The second-order valence-electron chi connectivity index (χ2n) is 4.38. The number of nitriles is 1. The molecule has 2 aromatic carbocycles. The predicted octanol–water partition coefficient (Wildman–Crippen LogP) is 3.46. The number of urea groups is 1. The van der Waals surface area contributed by atoms with Gasteiger partial charge in [0.2, 0.25) is 0 Å². The van der Waals surface area contributed by atoms with Crippen LogP contribution in [-0.4, -0.2) is 13.1 Å². The summed E-state index contributed by atoms with van der Waals surface area (Å²) < 4.78 is 0. The number of carbonyl (C=O) groups is 1. The molecule has 106 valence electrons. The second kappa shape index (κ2) is 6.16. The Bertz CT molecular complexity index is 724. The van der Waals surface area contributed by atoms with Crippen molar-refractivity contribution in [2.45, 2.75) is 0 Å². The molecule has 0 spiro atoms. The summed E-state index contributed by atoms with van der Waals surface area (Å²) in [6.45, 7) is 0. The maximum absolute atomic E-state index is 12.2. The molecular weight excluding hydrogens is 288 g/mol. The van der Waals surface area contributed by atoms with Gasteiger partial charge in [0.15, 0.2) is 0 Å². The first-order valence-corrected chi connectivity index (χ1v) is 6.49. The Hall–Kier alpha value is -2.71. The minimum atomic E-state index is -0.376. The lowest BCUT2D eigenvalue weighted by molar-refractivity contribution is 0.258. The van der Waals surface area contributed by atoms with Crippen LogP contribution < -0.4 is 16.0 Å². The average Bonchev–Trinajstić information content (AvgIpc) is 2.49. The van der Waals surface area contributed by atoms with Crippen LogP contribution in [0.15, 0.2) is 42.5 Å². The van der Waals surface area contributed by atoms with Gasteiger partial charge in [0.05, 0.1) is 23.0 Å². The SMILES string of the molecule is CN(C(=O)Nc1cccc(C#N)c1)c1cc(Cl)ccc1N. The lowest BCUT2D eigenvalue weighted by Crippen LogP contribution is -2.31. The Kier molecular flexibility index (Phi) is 4.31. The van der Waals surface area contributed by atoms with Crippen molar-refractivity contribution in [1.82, 2.24) is 0 Å². The lowest BCUT2D eigenvalue weighted by atomic mass is 10.2. The van der Waals surface area contributed by atoms with Crippen LogP contribution >= 0.6 is 11.6 Å². The normalized spacial score (nSPS) is 9.76. The number of benzene rings is 2. The Morgan fingerprint density at radius 1 is 1.33 bits per heavy atom. The van der Waals surface area contributed by atoms with Gasteiger partial charge in [0.1, 0.15) is 0 Å². The molecule has 0 atom stereocenters. The first kappa shape index (κ1) is 14.7. The first-order valence-electron chi connectivity index (χ1n) is 6.11. The highest BCUT2D eigenvalue weighted by Gasteiger charge is 2.14. The minimum absolute atomic E-state index is 0.376. The topological polar surface area (TPSA) is 82.2 Å². The smallest absolute Gasteiger partial charge is 0.326 e. The van der Waals surface area contributed by atoms with Crippen LogP contribution in [-0.2, 0) is 0 Å². The van der Waals surface area contributed by atoms with Gasteiger partial charge in [-0.05, 0) is 36.4 Å². The molecule has 0 bridgehead atoms. The molecule has 0 aliphatic rings. The number of anilines is 3. The Balaban J connectivity index is 2.19. The maximum Gasteiger partial charge on any atom is 0.326 e. The van der Waals surface area contributed by atoms with Crippen LogP contribution in [0.2, 0.25) is 5.02 Å². The van der Waals surface area contributed by atoms with Gasteiger partial charge in [-0.3, -0.25) is 4.90 Å². The van der Waals surface area contributed by atoms with E-state index in [1.54, 1.807) is 49.5 Å². The number of hydrogen-bond acceptors (Lipinski definition) is 3. The Morgan fingerprint density at radius 2 is 2.10 bits per heavy atom. The molecule has 0 fully saturated rings. The minimum Gasteiger partial charge on any atom is -0.397 e. The van der Waals surface area contributed by atoms with E-state index in [1.807, 2.05) is 6.07 Å². The van der Waals surface area contributed by atoms with E-state index >= 15 is 0 Å². The number of carbonyl (C=O) groups excluding carboxylic acids is 1. The molecule has 0 saturated carbocycles. The van der Waals surface area contributed by atoms with E-state index in [0.29, 0.717) is 27.6 Å². The monoisotopic (exact) mass is 300 g/mol. The summed E-state index contributed by atoms with van der Waals surface area (Å²) in [5.74, 6) is 0. The third kappa shape index (κ3) is 3.44. The standard InChI is InChI=1S/C15H13ClN4O/c1-20(14-8-11(16)5-6-13(14)18)15(21)19-12-4-2-3-10(7-12)9-17/h2-8H,18H2,1H3,(H,19,21). The Morgan fingerprint density at radius 3 is 2.81 bits per heavy atom. The average molecular weight is 301 g/mol. The summed E-state index contributed by atoms with van der Waals surface area (Å²) in [4.78, 5) is 13.6. The van der Waals surface area contributed by atoms with E-state index in [9.17, 15) is 4.79 Å². The molecule has 2 aromatic rings. The summed E-state index contributed by atoms with van der Waals surface area (Å²) in [6.07, 6.45) is 0. The fourth-order valence-corrected chi connectivity index (χ4v) is 1.96. The Labute approximate surface area is 127 Å². The molecule has 0 heterocycles. The number of nitrogen functional groups attached to an aromatic ring is 1. The number of nitrogens with one attached hydrogen (secondary N) is 1. The zero-order chi connectivity index (χ0) is 15.4. The number of halogens is 1. The molecule has 0 radical (unpaired) electrons. The molecule has 0 aromatic heterocycles. The van der Waals surface area contributed by atoms with Gasteiger partial charge in [-0.15, -0.1) is 0 Å². The highest BCUT2D eigenvalue weighted by atomic mass is 35.5. The zero-order valence-electron chi connectivity index (χ0n) is 11.3. The van der Waals surface area contributed by atoms with Gasteiger partial charge in [-0.1, -0.05) is 17.7 Å². The molecule has 0 aliphatic heterocycles. The van der Waals surface area contributed by atoms with Gasteiger partial charge in [-0.2, -0.15) is 5.26 Å². The van der Waals surface area contributed by atoms with Crippen molar-refractivity contribution in [3.8, 4) is 6.07 Å². The second-order valence-corrected chi connectivity index (χ2v) is 4.82. The third-order valence-corrected chi connectivity index (χ3v) is 3.14. The molecule has 3 N–H and O–H groups in total. The molecule has 2 rings (SSSR count). The zero-order valence-corrected chi connectivity index (χ0v) is 12.1. The van der Waals surface area contributed by atoms with E-state index in [0.717, 1.165) is 0 Å². The van der Waals surface area contributed by atoms with Gasteiger partial charge in [0, 0.05) is 17.8 Å². The quantitative estimate of drug-likeness (QED) is 0.833. The molecule has 0 aliphatic carbocycles. The van der Waals surface area contributed by atoms with Crippen molar-refractivity contribution in [2.24, 2.45) is 0 Å². The number of nitrogens with zero attached hydrogens (tertiary/aromatic N) is 2. The fourth-order valence-electron chi connectivity index (χ4n) is 1.79. The van der Waals surface area contributed by atoms with E-state index in [4.69, 9.17) is 22.6 Å². The molecule has 2 amide bonds. The molecule has 0 saturated heterocycles. The van der Waals surface area contributed by atoms with Gasteiger partial charge in [-0.25, -0.2) is 4.79 Å². The van der Waals surface area contributed by atoms with Crippen molar-refractivity contribution < 1.29 is 4.79 Å². The first-order chi connectivity index (χ1) is 10.0. The number of hydrogen-bond donors (Lipinski definition) is 2.